The number of aromatic nitrogens is 2. The van der Waals surface area contributed by atoms with Crippen molar-refractivity contribution in [1.82, 2.24) is 24.9 Å². The maximum absolute atomic E-state index is 12.5. The molecule has 0 aliphatic carbocycles. The largest absolute Gasteiger partial charge is 0.336 e. The lowest BCUT2D eigenvalue weighted by molar-refractivity contribution is 0.126. The molecule has 1 fully saturated rings. The van der Waals surface area contributed by atoms with Crippen molar-refractivity contribution in [2.75, 3.05) is 27.2 Å². The van der Waals surface area contributed by atoms with Gasteiger partial charge in [-0.15, -0.1) is 0 Å². The summed E-state index contributed by atoms with van der Waals surface area (Å²) in [5.74, 6) is 0.572. The number of hydrogen-bond donors (Lipinski definition) is 1. The highest BCUT2D eigenvalue weighted by molar-refractivity contribution is 5.74. The summed E-state index contributed by atoms with van der Waals surface area (Å²) in [5.41, 5.74) is 1.12. The molecule has 1 saturated heterocycles. The van der Waals surface area contributed by atoms with Crippen molar-refractivity contribution in [3.8, 4) is 0 Å². The third kappa shape index (κ3) is 3.80. The zero-order valence-corrected chi connectivity index (χ0v) is 14.4. The van der Waals surface area contributed by atoms with E-state index in [1.165, 1.54) is 6.42 Å². The molecule has 1 aliphatic rings. The average Bonchev–Trinajstić information content (AvgIpc) is 2.88. The van der Waals surface area contributed by atoms with Crippen molar-refractivity contribution in [3.63, 3.8) is 0 Å². The van der Waals surface area contributed by atoms with E-state index in [4.69, 9.17) is 0 Å². The minimum atomic E-state index is 0.0507. The minimum absolute atomic E-state index is 0.0507. The highest BCUT2D eigenvalue weighted by Gasteiger charge is 2.28. The van der Waals surface area contributed by atoms with Crippen molar-refractivity contribution >= 4 is 6.03 Å². The number of nitrogens with one attached hydrogen (secondary N) is 1. The Kier molecular flexibility index (Phi) is 5.45. The number of piperidine rings is 1. The van der Waals surface area contributed by atoms with Crippen LogP contribution >= 0.6 is 0 Å². The molecule has 0 spiro atoms. The van der Waals surface area contributed by atoms with Crippen molar-refractivity contribution in [3.05, 3.63) is 18.0 Å². The number of likely N-dealkylation sites (tertiary alicyclic amines) is 1. The van der Waals surface area contributed by atoms with E-state index in [1.54, 1.807) is 4.68 Å². The van der Waals surface area contributed by atoms with Gasteiger partial charge in [-0.2, -0.15) is 5.10 Å². The maximum atomic E-state index is 12.5. The van der Waals surface area contributed by atoms with Crippen LogP contribution in [0.4, 0.5) is 4.79 Å². The van der Waals surface area contributed by atoms with Crippen LogP contribution in [0, 0.1) is 5.92 Å². The zero-order valence-electron chi connectivity index (χ0n) is 14.4. The van der Waals surface area contributed by atoms with Crippen LogP contribution in [0.3, 0.4) is 0 Å². The highest BCUT2D eigenvalue weighted by Crippen LogP contribution is 2.23. The van der Waals surface area contributed by atoms with E-state index >= 15 is 0 Å². The second-order valence-electron chi connectivity index (χ2n) is 6.67. The SMILES string of the molecule is CC1CCCN(C(=O)NCC(c2cnn(C)c2)N(C)C)C1C. The van der Waals surface area contributed by atoms with Crippen LogP contribution in [0.15, 0.2) is 12.4 Å². The predicted octanol–water partition coefficient (Wildman–Crippen LogP) is 1.85. The van der Waals surface area contributed by atoms with Crippen LogP contribution in [0.5, 0.6) is 0 Å². The first-order chi connectivity index (χ1) is 10.4. The molecule has 1 aliphatic heterocycles. The van der Waals surface area contributed by atoms with Crippen LogP contribution in [0.25, 0.3) is 0 Å². The molecule has 1 aromatic heterocycles. The van der Waals surface area contributed by atoms with Crippen molar-refractivity contribution in [1.29, 1.82) is 0 Å². The van der Waals surface area contributed by atoms with Gasteiger partial charge in [-0.05, 0) is 39.8 Å². The fourth-order valence-corrected chi connectivity index (χ4v) is 3.12. The van der Waals surface area contributed by atoms with Gasteiger partial charge in [0.05, 0.1) is 12.2 Å². The Hall–Kier alpha value is -1.56. The van der Waals surface area contributed by atoms with Crippen molar-refractivity contribution in [2.24, 2.45) is 13.0 Å². The highest BCUT2D eigenvalue weighted by atomic mass is 16.2. The summed E-state index contributed by atoms with van der Waals surface area (Å²) in [7, 11) is 5.95. The summed E-state index contributed by atoms with van der Waals surface area (Å²) in [4.78, 5) is 16.6. The molecule has 3 unspecified atom stereocenters. The number of amides is 2. The average molecular weight is 307 g/mol. The van der Waals surface area contributed by atoms with Gasteiger partial charge in [-0.1, -0.05) is 6.92 Å². The van der Waals surface area contributed by atoms with Gasteiger partial charge in [0.25, 0.3) is 0 Å². The monoisotopic (exact) mass is 307 g/mol. The van der Waals surface area contributed by atoms with Gasteiger partial charge >= 0.3 is 6.03 Å². The molecule has 2 heterocycles. The topological polar surface area (TPSA) is 53.4 Å². The Morgan fingerprint density at radius 1 is 1.50 bits per heavy atom. The summed E-state index contributed by atoms with van der Waals surface area (Å²) in [6, 6.07) is 0.495. The van der Waals surface area contributed by atoms with Crippen LogP contribution in [-0.2, 0) is 7.05 Å². The molecule has 1 N–H and O–H groups in total. The van der Waals surface area contributed by atoms with E-state index in [-0.39, 0.29) is 12.1 Å². The Morgan fingerprint density at radius 2 is 2.23 bits per heavy atom. The Morgan fingerprint density at radius 3 is 2.82 bits per heavy atom. The summed E-state index contributed by atoms with van der Waals surface area (Å²) in [6.07, 6.45) is 6.17. The van der Waals surface area contributed by atoms with Crippen LogP contribution in [-0.4, -0.2) is 58.8 Å². The Balaban J connectivity index is 1.96. The van der Waals surface area contributed by atoms with E-state index in [0.29, 0.717) is 18.5 Å². The number of carbonyl (C=O) groups excluding carboxylic acids is 1. The molecule has 22 heavy (non-hydrogen) atoms. The van der Waals surface area contributed by atoms with Gasteiger partial charge in [0.2, 0.25) is 0 Å². The molecule has 6 nitrogen and oxygen atoms in total. The summed E-state index contributed by atoms with van der Waals surface area (Å²) < 4.78 is 1.79. The summed E-state index contributed by atoms with van der Waals surface area (Å²) >= 11 is 0. The fraction of sp³-hybridized carbons (Fsp3) is 0.750. The van der Waals surface area contributed by atoms with Crippen molar-refractivity contribution in [2.45, 2.75) is 38.8 Å². The Bertz CT molecular complexity index is 498. The second kappa shape index (κ2) is 7.13. The lowest BCUT2D eigenvalue weighted by atomic mass is 9.92. The fourth-order valence-electron chi connectivity index (χ4n) is 3.12. The standard InChI is InChI=1S/C16H29N5O/c1-12-7-6-8-21(13(12)2)16(22)17-10-15(19(3)4)14-9-18-20(5)11-14/h9,11-13,15H,6-8,10H2,1-5H3,(H,17,22). The molecule has 0 bridgehead atoms. The molecule has 1 aromatic rings. The predicted molar refractivity (Wildman–Crippen MR) is 87.6 cm³/mol. The van der Waals surface area contributed by atoms with E-state index in [0.717, 1.165) is 18.5 Å². The van der Waals surface area contributed by atoms with Crippen LogP contribution in [0.2, 0.25) is 0 Å². The normalized spacial score (nSPS) is 23.6. The first-order valence-electron chi connectivity index (χ1n) is 8.09. The number of likely N-dealkylation sites (N-methyl/N-ethyl adjacent to an activating group) is 1. The number of hydrogen-bond acceptors (Lipinski definition) is 3. The lowest BCUT2D eigenvalue weighted by Gasteiger charge is -2.38. The quantitative estimate of drug-likeness (QED) is 0.923. The van der Waals surface area contributed by atoms with E-state index in [9.17, 15) is 4.79 Å². The van der Waals surface area contributed by atoms with Gasteiger partial charge < -0.3 is 15.1 Å². The molecular weight excluding hydrogens is 278 g/mol. The van der Waals surface area contributed by atoms with Gasteiger partial charge in [-0.3, -0.25) is 4.68 Å². The first-order valence-corrected chi connectivity index (χ1v) is 8.09. The van der Waals surface area contributed by atoms with E-state index < -0.39 is 0 Å². The molecule has 0 radical (unpaired) electrons. The van der Waals surface area contributed by atoms with Gasteiger partial charge in [0.1, 0.15) is 0 Å². The maximum Gasteiger partial charge on any atom is 0.317 e. The van der Waals surface area contributed by atoms with Crippen molar-refractivity contribution < 1.29 is 4.79 Å². The summed E-state index contributed by atoms with van der Waals surface area (Å²) in [6.45, 7) is 5.82. The minimum Gasteiger partial charge on any atom is -0.336 e. The van der Waals surface area contributed by atoms with Gasteiger partial charge in [-0.25, -0.2) is 4.79 Å². The number of rotatable bonds is 4. The molecule has 0 aromatic carbocycles. The van der Waals surface area contributed by atoms with E-state index in [2.05, 4.69) is 29.2 Å². The molecule has 0 saturated carbocycles. The number of nitrogens with zero attached hydrogens (tertiary/aromatic N) is 4. The van der Waals surface area contributed by atoms with Crippen LogP contribution < -0.4 is 5.32 Å². The zero-order chi connectivity index (χ0) is 16.3. The molecule has 2 amide bonds. The second-order valence-corrected chi connectivity index (χ2v) is 6.67. The van der Waals surface area contributed by atoms with Gasteiger partial charge in [0.15, 0.2) is 0 Å². The lowest BCUT2D eigenvalue weighted by Crippen LogP contribution is -2.51. The third-order valence-corrected chi connectivity index (χ3v) is 4.81. The van der Waals surface area contributed by atoms with E-state index in [1.807, 2.05) is 38.4 Å². The molecule has 124 valence electrons. The molecule has 6 heteroatoms. The number of urea groups is 1. The summed E-state index contributed by atoms with van der Waals surface area (Å²) in [5, 5.41) is 7.33. The molecule has 3 atom stereocenters. The smallest absolute Gasteiger partial charge is 0.317 e. The van der Waals surface area contributed by atoms with Crippen LogP contribution in [0.1, 0.15) is 38.3 Å². The number of carbonyl (C=O) groups is 1. The molecular formula is C16H29N5O. The Labute approximate surface area is 133 Å². The molecule has 2 rings (SSSR count). The number of aryl methyl sites for hydroxylation is 1. The first kappa shape index (κ1) is 16.8. The third-order valence-electron chi connectivity index (χ3n) is 4.81. The van der Waals surface area contributed by atoms with Gasteiger partial charge in [0, 0.05) is 37.9 Å².